The molecule has 1 aromatic rings. The Morgan fingerprint density at radius 2 is 1.87 bits per heavy atom. The number of piperazine rings is 1. The number of amides is 3. The number of carbonyl (C=O) groups excluding carboxylic acids is 3. The zero-order valence-corrected chi connectivity index (χ0v) is 13.2. The van der Waals surface area contributed by atoms with Crippen LogP contribution in [0.4, 0.5) is 4.39 Å². The van der Waals surface area contributed by atoms with Crippen molar-refractivity contribution in [3.63, 3.8) is 0 Å². The van der Waals surface area contributed by atoms with Gasteiger partial charge in [-0.3, -0.25) is 14.4 Å². The maximum atomic E-state index is 12.9. The average molecular weight is 321 g/mol. The highest BCUT2D eigenvalue weighted by Crippen LogP contribution is 2.15. The van der Waals surface area contributed by atoms with Crippen molar-refractivity contribution in [3.05, 3.63) is 35.6 Å². The summed E-state index contributed by atoms with van der Waals surface area (Å²) in [6.07, 6.45) is 0.441. The molecule has 1 fully saturated rings. The van der Waals surface area contributed by atoms with Crippen molar-refractivity contribution in [2.45, 2.75) is 25.9 Å². The lowest BCUT2D eigenvalue weighted by atomic mass is 10.1. The van der Waals surface area contributed by atoms with Gasteiger partial charge in [0.2, 0.25) is 5.91 Å². The van der Waals surface area contributed by atoms with Gasteiger partial charge in [0.1, 0.15) is 11.9 Å². The van der Waals surface area contributed by atoms with Gasteiger partial charge in [0.15, 0.2) is 0 Å². The fraction of sp³-hybridized carbons (Fsp3) is 0.438. The van der Waals surface area contributed by atoms with Gasteiger partial charge in [0.25, 0.3) is 0 Å². The molecule has 0 radical (unpaired) electrons. The smallest absolute Gasteiger partial charge is 0.312 e. The number of rotatable bonds is 5. The molecule has 2 rings (SSSR count). The summed E-state index contributed by atoms with van der Waals surface area (Å²) in [5.74, 6) is -1.94. The summed E-state index contributed by atoms with van der Waals surface area (Å²) in [6.45, 7) is 2.69. The fourth-order valence-corrected chi connectivity index (χ4v) is 2.66. The van der Waals surface area contributed by atoms with E-state index < -0.39 is 17.9 Å². The van der Waals surface area contributed by atoms with Gasteiger partial charge in [-0.05, 0) is 24.1 Å². The van der Waals surface area contributed by atoms with Gasteiger partial charge in [-0.1, -0.05) is 19.1 Å². The quantitative estimate of drug-likeness (QED) is 0.804. The van der Waals surface area contributed by atoms with E-state index in [1.165, 1.54) is 29.0 Å². The van der Waals surface area contributed by atoms with E-state index in [4.69, 9.17) is 0 Å². The highest BCUT2D eigenvalue weighted by atomic mass is 19.1. The predicted molar refractivity (Wildman–Crippen MR) is 81.7 cm³/mol. The molecule has 0 spiro atoms. The van der Waals surface area contributed by atoms with E-state index in [1.54, 1.807) is 19.1 Å². The number of carbonyl (C=O) groups is 3. The number of likely N-dealkylation sites (N-methyl/N-ethyl adjacent to an activating group) is 1. The maximum Gasteiger partial charge on any atom is 0.312 e. The minimum atomic E-state index is -0.672. The molecule has 1 atom stereocenters. The summed E-state index contributed by atoms with van der Waals surface area (Å²) in [4.78, 5) is 39.1. The third-order valence-electron chi connectivity index (χ3n) is 3.94. The van der Waals surface area contributed by atoms with E-state index in [1.807, 2.05) is 0 Å². The van der Waals surface area contributed by atoms with Crippen molar-refractivity contribution >= 4 is 17.7 Å². The number of halogens is 1. The van der Waals surface area contributed by atoms with Crippen LogP contribution in [0.15, 0.2) is 24.3 Å². The molecule has 1 N–H and O–H groups in total. The van der Waals surface area contributed by atoms with Crippen LogP contribution in [0, 0.1) is 5.82 Å². The Kier molecular flexibility index (Phi) is 5.31. The average Bonchev–Trinajstić information content (AvgIpc) is 2.56. The van der Waals surface area contributed by atoms with Crippen molar-refractivity contribution in [2.75, 3.05) is 20.1 Å². The van der Waals surface area contributed by atoms with Crippen molar-refractivity contribution in [1.29, 1.82) is 0 Å². The standard InChI is InChI=1S/C16H20FN3O3/c1-3-13(14(21)18-2)20-9-8-19(15(22)16(20)23)10-11-4-6-12(17)7-5-11/h4-7,13H,3,8-10H2,1-2H3,(H,18,21). The van der Waals surface area contributed by atoms with Crippen LogP contribution >= 0.6 is 0 Å². The predicted octanol–water partition coefficient (Wildman–Crippen LogP) is 0.521. The molecule has 3 amide bonds. The zero-order chi connectivity index (χ0) is 17.0. The molecule has 6 nitrogen and oxygen atoms in total. The van der Waals surface area contributed by atoms with E-state index in [0.29, 0.717) is 19.5 Å². The third kappa shape index (κ3) is 3.67. The number of nitrogens with one attached hydrogen (secondary N) is 1. The topological polar surface area (TPSA) is 69.7 Å². The second kappa shape index (κ2) is 7.21. The minimum absolute atomic E-state index is 0.245. The Balaban J connectivity index is 2.07. The van der Waals surface area contributed by atoms with Crippen molar-refractivity contribution in [3.8, 4) is 0 Å². The number of hydrogen-bond acceptors (Lipinski definition) is 3. The molecule has 1 saturated heterocycles. The molecule has 1 aromatic carbocycles. The van der Waals surface area contributed by atoms with Crippen molar-refractivity contribution in [1.82, 2.24) is 15.1 Å². The maximum absolute atomic E-state index is 12.9. The molecule has 0 aliphatic carbocycles. The summed E-state index contributed by atoms with van der Waals surface area (Å²) < 4.78 is 12.9. The van der Waals surface area contributed by atoms with E-state index in [9.17, 15) is 18.8 Å². The van der Waals surface area contributed by atoms with E-state index in [2.05, 4.69) is 5.32 Å². The Morgan fingerprint density at radius 3 is 2.43 bits per heavy atom. The van der Waals surface area contributed by atoms with Crippen LogP contribution in [-0.2, 0) is 20.9 Å². The van der Waals surface area contributed by atoms with Crippen LogP contribution in [-0.4, -0.2) is 53.7 Å². The highest BCUT2D eigenvalue weighted by Gasteiger charge is 2.38. The van der Waals surface area contributed by atoms with Gasteiger partial charge >= 0.3 is 11.8 Å². The Hall–Kier alpha value is -2.44. The van der Waals surface area contributed by atoms with Gasteiger partial charge in [0.05, 0.1) is 0 Å². The second-order valence-corrected chi connectivity index (χ2v) is 5.39. The Labute approximate surface area is 134 Å². The van der Waals surface area contributed by atoms with Gasteiger partial charge in [-0.2, -0.15) is 0 Å². The molecule has 1 aliphatic rings. The number of benzene rings is 1. The van der Waals surface area contributed by atoms with Crippen molar-refractivity contribution in [2.24, 2.45) is 0 Å². The summed E-state index contributed by atoms with van der Waals surface area (Å²) in [5.41, 5.74) is 0.749. The fourth-order valence-electron chi connectivity index (χ4n) is 2.66. The molecule has 0 saturated carbocycles. The van der Waals surface area contributed by atoms with E-state index in [-0.39, 0.29) is 18.3 Å². The lowest BCUT2D eigenvalue weighted by molar-refractivity contribution is -0.159. The molecule has 7 heteroatoms. The third-order valence-corrected chi connectivity index (χ3v) is 3.94. The zero-order valence-electron chi connectivity index (χ0n) is 13.2. The molecule has 1 heterocycles. The molecule has 1 aliphatic heterocycles. The molecular weight excluding hydrogens is 301 g/mol. The van der Waals surface area contributed by atoms with Crippen LogP contribution in [0.1, 0.15) is 18.9 Å². The van der Waals surface area contributed by atoms with Crippen LogP contribution in [0.3, 0.4) is 0 Å². The van der Waals surface area contributed by atoms with Crippen LogP contribution in [0.25, 0.3) is 0 Å². The lowest BCUT2D eigenvalue weighted by Gasteiger charge is -2.37. The number of nitrogens with zero attached hydrogens (tertiary/aromatic N) is 2. The van der Waals surface area contributed by atoms with Crippen LogP contribution < -0.4 is 5.32 Å². The first-order valence-electron chi connectivity index (χ1n) is 7.53. The summed E-state index contributed by atoms with van der Waals surface area (Å²) in [7, 11) is 1.50. The van der Waals surface area contributed by atoms with Gasteiger partial charge in [0, 0.05) is 26.7 Å². The number of hydrogen-bond donors (Lipinski definition) is 1. The molecule has 0 bridgehead atoms. The first-order chi connectivity index (χ1) is 11.0. The first-order valence-corrected chi connectivity index (χ1v) is 7.53. The molecule has 1 unspecified atom stereocenters. The normalized spacial score (nSPS) is 16.5. The van der Waals surface area contributed by atoms with Crippen LogP contribution in [0.2, 0.25) is 0 Å². The van der Waals surface area contributed by atoms with E-state index >= 15 is 0 Å². The first kappa shape index (κ1) is 16.9. The SMILES string of the molecule is CCC(C(=O)NC)N1CCN(Cc2ccc(F)cc2)C(=O)C1=O. The second-order valence-electron chi connectivity index (χ2n) is 5.39. The van der Waals surface area contributed by atoms with Gasteiger partial charge < -0.3 is 15.1 Å². The minimum Gasteiger partial charge on any atom is -0.357 e. The van der Waals surface area contributed by atoms with Gasteiger partial charge in [-0.15, -0.1) is 0 Å². The monoisotopic (exact) mass is 321 g/mol. The Bertz CT molecular complexity index is 603. The summed E-state index contributed by atoms with van der Waals surface area (Å²) >= 11 is 0. The molecule has 124 valence electrons. The Morgan fingerprint density at radius 1 is 1.22 bits per heavy atom. The van der Waals surface area contributed by atoms with Crippen molar-refractivity contribution < 1.29 is 18.8 Å². The van der Waals surface area contributed by atoms with Crippen LogP contribution in [0.5, 0.6) is 0 Å². The highest BCUT2D eigenvalue weighted by molar-refractivity contribution is 6.35. The van der Waals surface area contributed by atoms with Gasteiger partial charge in [-0.25, -0.2) is 4.39 Å². The molecule has 0 aromatic heterocycles. The summed E-state index contributed by atoms with van der Waals surface area (Å²) in [6, 6.07) is 5.16. The molecular formula is C16H20FN3O3. The summed E-state index contributed by atoms with van der Waals surface area (Å²) in [5, 5.41) is 2.51. The largest absolute Gasteiger partial charge is 0.357 e. The molecule has 23 heavy (non-hydrogen) atoms. The van der Waals surface area contributed by atoms with E-state index in [0.717, 1.165) is 5.56 Å². The lowest BCUT2D eigenvalue weighted by Crippen LogP contribution is -2.59.